The second-order valence-corrected chi connectivity index (χ2v) is 5.80. The second-order valence-electron chi connectivity index (χ2n) is 5.02. The Kier molecular flexibility index (Phi) is 3.20. The molecule has 0 unspecified atom stereocenters. The number of nitrogens with two attached hydrogens (primary N) is 1. The van der Waals surface area contributed by atoms with Gasteiger partial charge < -0.3 is 5.73 Å². The Hall–Kier alpha value is -1.91. The van der Waals surface area contributed by atoms with E-state index in [9.17, 15) is 4.79 Å². The Morgan fingerprint density at radius 3 is 2.85 bits per heavy atom. The van der Waals surface area contributed by atoms with Crippen LogP contribution in [0.3, 0.4) is 0 Å². The number of carbonyl (C=O) groups is 1. The van der Waals surface area contributed by atoms with Crippen molar-refractivity contribution in [2.45, 2.75) is 19.4 Å². The SMILES string of the molecule is C=C1C[C@@H](N)c2cc(-c3ccsc3)ccc2N1C(C)=O. The van der Waals surface area contributed by atoms with Crippen LogP contribution >= 0.6 is 11.3 Å². The number of fused-ring (bicyclic) bond motifs is 1. The fraction of sp³-hybridized carbons (Fsp3) is 0.188. The summed E-state index contributed by atoms with van der Waals surface area (Å²) in [6, 6.07) is 8.06. The zero-order valence-electron chi connectivity index (χ0n) is 11.3. The van der Waals surface area contributed by atoms with Crippen molar-refractivity contribution in [2.24, 2.45) is 5.73 Å². The minimum absolute atomic E-state index is 0.0218. The maximum absolute atomic E-state index is 11.8. The highest BCUT2D eigenvalue weighted by Gasteiger charge is 2.28. The topological polar surface area (TPSA) is 46.3 Å². The van der Waals surface area contributed by atoms with Crippen LogP contribution in [0.25, 0.3) is 11.1 Å². The third kappa shape index (κ3) is 2.07. The summed E-state index contributed by atoms with van der Waals surface area (Å²) >= 11 is 1.67. The number of thiophene rings is 1. The minimum Gasteiger partial charge on any atom is -0.324 e. The molecule has 2 heterocycles. The third-order valence-corrected chi connectivity index (χ3v) is 4.29. The predicted octanol–water partition coefficient (Wildman–Crippen LogP) is 3.69. The summed E-state index contributed by atoms with van der Waals surface area (Å²) in [5.41, 5.74) is 11.2. The van der Waals surface area contributed by atoms with Gasteiger partial charge in [-0.25, -0.2) is 0 Å². The predicted molar refractivity (Wildman–Crippen MR) is 83.6 cm³/mol. The second kappa shape index (κ2) is 4.89. The van der Waals surface area contributed by atoms with E-state index in [1.54, 1.807) is 23.2 Å². The molecule has 0 radical (unpaired) electrons. The van der Waals surface area contributed by atoms with Crippen LogP contribution in [0.1, 0.15) is 24.9 Å². The molecule has 1 aliphatic heterocycles. The first kappa shape index (κ1) is 13.1. The van der Waals surface area contributed by atoms with Crippen molar-refractivity contribution in [1.82, 2.24) is 0 Å². The lowest BCUT2D eigenvalue weighted by atomic mass is 9.92. The Morgan fingerprint density at radius 2 is 2.20 bits per heavy atom. The fourth-order valence-corrected chi connectivity index (χ4v) is 3.35. The summed E-state index contributed by atoms with van der Waals surface area (Å²) in [7, 11) is 0. The molecule has 2 N–H and O–H groups in total. The molecule has 2 aromatic rings. The largest absolute Gasteiger partial charge is 0.324 e. The van der Waals surface area contributed by atoms with Crippen LogP contribution in [0, 0.1) is 0 Å². The van der Waals surface area contributed by atoms with Crippen molar-refractivity contribution in [3.8, 4) is 11.1 Å². The molecule has 1 aliphatic rings. The Labute approximate surface area is 122 Å². The molecule has 3 rings (SSSR count). The first-order valence-corrected chi connectivity index (χ1v) is 7.43. The molecule has 1 amide bonds. The Morgan fingerprint density at radius 1 is 1.40 bits per heavy atom. The van der Waals surface area contributed by atoms with Gasteiger partial charge in [-0.05, 0) is 45.6 Å². The number of nitrogens with zero attached hydrogens (tertiary/aromatic N) is 1. The fourth-order valence-electron chi connectivity index (χ4n) is 2.68. The zero-order chi connectivity index (χ0) is 14.3. The summed E-state index contributed by atoms with van der Waals surface area (Å²) in [4.78, 5) is 13.5. The van der Waals surface area contributed by atoms with Gasteiger partial charge in [0.15, 0.2) is 0 Å². The Bertz CT molecular complexity index is 676. The summed E-state index contributed by atoms with van der Waals surface area (Å²) in [5.74, 6) is -0.0218. The minimum atomic E-state index is -0.105. The molecule has 0 spiro atoms. The van der Waals surface area contributed by atoms with E-state index in [1.807, 2.05) is 12.1 Å². The maximum atomic E-state index is 11.8. The van der Waals surface area contributed by atoms with Gasteiger partial charge >= 0.3 is 0 Å². The van der Waals surface area contributed by atoms with Crippen LogP contribution in [0.5, 0.6) is 0 Å². The highest BCUT2D eigenvalue weighted by atomic mass is 32.1. The zero-order valence-corrected chi connectivity index (χ0v) is 12.1. The van der Waals surface area contributed by atoms with Crippen molar-refractivity contribution >= 4 is 22.9 Å². The van der Waals surface area contributed by atoms with E-state index in [1.165, 1.54) is 5.56 Å². The van der Waals surface area contributed by atoms with Crippen LogP contribution in [0.2, 0.25) is 0 Å². The molecular formula is C16H16N2OS. The van der Waals surface area contributed by atoms with E-state index in [2.05, 4.69) is 29.5 Å². The van der Waals surface area contributed by atoms with E-state index < -0.39 is 0 Å². The average Bonchev–Trinajstić information content (AvgIpc) is 2.91. The number of amides is 1. The third-order valence-electron chi connectivity index (χ3n) is 3.61. The normalized spacial score (nSPS) is 18.0. The van der Waals surface area contributed by atoms with Gasteiger partial charge in [-0.3, -0.25) is 9.69 Å². The maximum Gasteiger partial charge on any atom is 0.228 e. The first-order valence-electron chi connectivity index (χ1n) is 6.48. The van der Waals surface area contributed by atoms with E-state index in [0.29, 0.717) is 6.42 Å². The van der Waals surface area contributed by atoms with Gasteiger partial charge in [-0.15, -0.1) is 0 Å². The first-order chi connectivity index (χ1) is 9.58. The van der Waals surface area contributed by atoms with Crippen molar-refractivity contribution in [2.75, 3.05) is 4.90 Å². The van der Waals surface area contributed by atoms with Crippen molar-refractivity contribution in [3.63, 3.8) is 0 Å². The number of benzene rings is 1. The van der Waals surface area contributed by atoms with Gasteiger partial charge in [0, 0.05) is 25.1 Å². The van der Waals surface area contributed by atoms with Crippen LogP contribution in [-0.2, 0) is 4.79 Å². The summed E-state index contributed by atoms with van der Waals surface area (Å²) in [6.45, 7) is 5.52. The lowest BCUT2D eigenvalue weighted by molar-refractivity contribution is -0.116. The highest BCUT2D eigenvalue weighted by Crippen LogP contribution is 2.39. The molecule has 20 heavy (non-hydrogen) atoms. The van der Waals surface area contributed by atoms with Crippen molar-refractivity contribution < 1.29 is 4.79 Å². The molecule has 0 saturated carbocycles. The van der Waals surface area contributed by atoms with E-state index in [-0.39, 0.29) is 11.9 Å². The molecule has 102 valence electrons. The smallest absolute Gasteiger partial charge is 0.228 e. The molecule has 0 fully saturated rings. The Balaban J connectivity index is 2.12. The number of carbonyl (C=O) groups excluding carboxylic acids is 1. The molecule has 0 bridgehead atoms. The number of rotatable bonds is 1. The average molecular weight is 284 g/mol. The standard InChI is InChI=1S/C16H16N2OS/c1-10-7-15(17)14-8-12(13-5-6-20-9-13)3-4-16(14)18(10)11(2)19/h3-6,8-9,15H,1,7,17H2,2H3/t15-/m1/s1. The van der Waals surface area contributed by atoms with Gasteiger partial charge in [0.1, 0.15) is 0 Å². The van der Waals surface area contributed by atoms with E-state index >= 15 is 0 Å². The van der Waals surface area contributed by atoms with Gasteiger partial charge in [0.2, 0.25) is 5.91 Å². The van der Waals surface area contributed by atoms with Gasteiger partial charge in [-0.2, -0.15) is 11.3 Å². The summed E-state index contributed by atoms with van der Waals surface area (Å²) in [6.07, 6.45) is 0.611. The van der Waals surface area contributed by atoms with Crippen LogP contribution in [0.15, 0.2) is 47.3 Å². The van der Waals surface area contributed by atoms with Crippen LogP contribution in [0.4, 0.5) is 5.69 Å². The molecule has 1 aromatic heterocycles. The molecule has 4 heteroatoms. The van der Waals surface area contributed by atoms with Gasteiger partial charge in [0.05, 0.1) is 5.69 Å². The summed E-state index contributed by atoms with van der Waals surface area (Å²) in [5, 5.41) is 4.16. The highest BCUT2D eigenvalue weighted by molar-refractivity contribution is 7.08. The quantitative estimate of drug-likeness (QED) is 0.868. The molecule has 3 nitrogen and oxygen atoms in total. The molecule has 1 atom stereocenters. The molecule has 0 saturated heterocycles. The molecular weight excluding hydrogens is 268 g/mol. The number of hydrogen-bond donors (Lipinski definition) is 1. The monoisotopic (exact) mass is 284 g/mol. The van der Waals surface area contributed by atoms with Crippen LogP contribution < -0.4 is 10.6 Å². The van der Waals surface area contributed by atoms with E-state index in [4.69, 9.17) is 5.73 Å². The van der Waals surface area contributed by atoms with Crippen molar-refractivity contribution in [1.29, 1.82) is 0 Å². The van der Waals surface area contributed by atoms with Crippen LogP contribution in [-0.4, -0.2) is 5.91 Å². The number of hydrogen-bond acceptors (Lipinski definition) is 3. The molecule has 1 aromatic carbocycles. The summed E-state index contributed by atoms with van der Waals surface area (Å²) < 4.78 is 0. The number of anilines is 1. The lowest BCUT2D eigenvalue weighted by Gasteiger charge is -2.34. The van der Waals surface area contributed by atoms with Crippen molar-refractivity contribution in [3.05, 3.63) is 52.9 Å². The molecule has 0 aliphatic carbocycles. The lowest BCUT2D eigenvalue weighted by Crippen LogP contribution is -2.34. The van der Waals surface area contributed by atoms with Gasteiger partial charge in [-0.1, -0.05) is 12.6 Å². The van der Waals surface area contributed by atoms with E-state index in [0.717, 1.165) is 22.5 Å². The van der Waals surface area contributed by atoms with Gasteiger partial charge in [0.25, 0.3) is 0 Å².